The number of fused-ring (bicyclic) bond motifs is 3. The topological polar surface area (TPSA) is 105 Å². The van der Waals surface area contributed by atoms with E-state index in [1.165, 1.54) is 0 Å². The lowest BCUT2D eigenvalue weighted by atomic mass is 9.98. The number of benzene rings is 2. The highest BCUT2D eigenvalue weighted by molar-refractivity contribution is 5.89. The number of carbonyl (C=O) groups is 3. The smallest absolute Gasteiger partial charge is 0.407 e. The summed E-state index contributed by atoms with van der Waals surface area (Å²) in [5.41, 5.74) is 4.48. The van der Waals surface area contributed by atoms with E-state index in [0.29, 0.717) is 19.3 Å². The molecule has 0 aliphatic heterocycles. The summed E-state index contributed by atoms with van der Waals surface area (Å²) in [5.74, 6) is -1.57. The summed E-state index contributed by atoms with van der Waals surface area (Å²) in [5, 5.41) is 14.5. The minimum Gasteiger partial charge on any atom is -0.480 e. The number of amides is 2. The number of rotatable bonds is 10. The minimum atomic E-state index is -1.09. The van der Waals surface area contributed by atoms with Crippen LogP contribution in [0.3, 0.4) is 0 Å². The molecule has 2 atom stereocenters. The molecule has 0 fully saturated rings. The molecular weight excluding hydrogens is 420 g/mol. The first kappa shape index (κ1) is 24.3. The number of carbonyl (C=O) groups excluding carboxylic acids is 2. The lowest BCUT2D eigenvalue weighted by Gasteiger charge is -2.23. The molecule has 0 aromatic heterocycles. The van der Waals surface area contributed by atoms with Crippen LogP contribution in [0.1, 0.15) is 57.1 Å². The summed E-state index contributed by atoms with van der Waals surface area (Å²) in [6.45, 7) is 5.85. The summed E-state index contributed by atoms with van der Waals surface area (Å²) < 4.78 is 5.56. The lowest BCUT2D eigenvalue weighted by molar-refractivity contribution is -0.142. The molecule has 7 heteroatoms. The van der Waals surface area contributed by atoms with E-state index >= 15 is 0 Å². The molecule has 0 unspecified atom stereocenters. The van der Waals surface area contributed by atoms with Crippen LogP contribution in [0.25, 0.3) is 11.1 Å². The third kappa shape index (κ3) is 5.92. The van der Waals surface area contributed by atoms with Crippen LogP contribution in [-0.2, 0) is 14.3 Å². The zero-order chi connectivity index (χ0) is 24.0. The number of aliphatic carboxylic acids is 1. The van der Waals surface area contributed by atoms with Gasteiger partial charge in [0.15, 0.2) is 0 Å². The minimum absolute atomic E-state index is 0.0820. The van der Waals surface area contributed by atoms with Crippen LogP contribution in [0.2, 0.25) is 0 Å². The Morgan fingerprint density at radius 3 is 2.03 bits per heavy atom. The van der Waals surface area contributed by atoms with Gasteiger partial charge < -0.3 is 20.5 Å². The molecule has 0 saturated carbocycles. The Morgan fingerprint density at radius 1 is 0.939 bits per heavy atom. The molecule has 1 aliphatic carbocycles. The number of ether oxygens (including phenoxy) is 1. The zero-order valence-electron chi connectivity index (χ0n) is 19.3. The Kier molecular flexibility index (Phi) is 8.09. The van der Waals surface area contributed by atoms with Crippen molar-refractivity contribution in [3.05, 3.63) is 59.7 Å². The van der Waals surface area contributed by atoms with Crippen molar-refractivity contribution in [2.24, 2.45) is 5.92 Å². The Labute approximate surface area is 194 Å². The van der Waals surface area contributed by atoms with Crippen LogP contribution in [0.15, 0.2) is 48.5 Å². The highest BCUT2D eigenvalue weighted by atomic mass is 16.5. The molecule has 7 nitrogen and oxygen atoms in total. The number of hydrogen-bond acceptors (Lipinski definition) is 4. The van der Waals surface area contributed by atoms with Crippen LogP contribution in [0.4, 0.5) is 4.79 Å². The Hall–Kier alpha value is -3.35. The van der Waals surface area contributed by atoms with E-state index in [-0.39, 0.29) is 18.4 Å². The quantitative estimate of drug-likeness (QED) is 0.498. The Bertz CT molecular complexity index is 958. The van der Waals surface area contributed by atoms with Gasteiger partial charge in [0.1, 0.15) is 18.7 Å². The van der Waals surface area contributed by atoms with Gasteiger partial charge in [-0.15, -0.1) is 0 Å². The van der Waals surface area contributed by atoms with Crippen molar-refractivity contribution in [3.63, 3.8) is 0 Å². The van der Waals surface area contributed by atoms with E-state index in [4.69, 9.17) is 4.74 Å². The second-order valence-electron chi connectivity index (χ2n) is 8.84. The summed E-state index contributed by atoms with van der Waals surface area (Å²) in [4.78, 5) is 36.8. The molecule has 0 saturated heterocycles. The van der Waals surface area contributed by atoms with Crippen LogP contribution in [0.5, 0.6) is 0 Å². The third-order valence-corrected chi connectivity index (χ3v) is 5.85. The summed E-state index contributed by atoms with van der Waals surface area (Å²) >= 11 is 0. The molecule has 2 amide bonds. The maximum Gasteiger partial charge on any atom is 0.407 e. The largest absolute Gasteiger partial charge is 0.480 e. The van der Waals surface area contributed by atoms with Crippen molar-refractivity contribution in [3.8, 4) is 11.1 Å². The normalized spacial score (nSPS) is 14.2. The average Bonchev–Trinajstić information content (AvgIpc) is 3.10. The summed E-state index contributed by atoms with van der Waals surface area (Å²) in [7, 11) is 0. The maximum atomic E-state index is 12.7. The first-order chi connectivity index (χ1) is 15.8. The summed E-state index contributed by atoms with van der Waals surface area (Å²) in [6, 6.07) is 14.3. The van der Waals surface area contributed by atoms with Gasteiger partial charge in [0.05, 0.1) is 0 Å². The maximum absolute atomic E-state index is 12.7. The van der Waals surface area contributed by atoms with Gasteiger partial charge in [0.2, 0.25) is 5.91 Å². The second kappa shape index (κ2) is 11.0. The highest BCUT2D eigenvalue weighted by Gasteiger charge is 2.30. The molecule has 2 aromatic carbocycles. The van der Waals surface area contributed by atoms with Crippen molar-refractivity contribution in [1.82, 2.24) is 10.6 Å². The van der Waals surface area contributed by atoms with Crippen LogP contribution in [-0.4, -0.2) is 41.8 Å². The first-order valence-corrected chi connectivity index (χ1v) is 11.5. The van der Waals surface area contributed by atoms with Crippen LogP contribution >= 0.6 is 0 Å². The van der Waals surface area contributed by atoms with Crippen molar-refractivity contribution in [2.45, 2.75) is 58.0 Å². The van der Waals surface area contributed by atoms with Crippen molar-refractivity contribution in [2.75, 3.05) is 6.61 Å². The fourth-order valence-corrected chi connectivity index (χ4v) is 4.30. The van der Waals surface area contributed by atoms with Gasteiger partial charge >= 0.3 is 12.1 Å². The number of carboxylic acids is 1. The van der Waals surface area contributed by atoms with E-state index < -0.39 is 30.1 Å². The van der Waals surface area contributed by atoms with E-state index in [9.17, 15) is 19.5 Å². The fraction of sp³-hybridized carbons (Fsp3) is 0.423. The van der Waals surface area contributed by atoms with Crippen molar-refractivity contribution in [1.29, 1.82) is 0 Å². The van der Waals surface area contributed by atoms with Gasteiger partial charge in [-0.2, -0.15) is 0 Å². The van der Waals surface area contributed by atoms with Crippen molar-refractivity contribution >= 4 is 18.0 Å². The molecule has 176 valence electrons. The van der Waals surface area contributed by atoms with Gasteiger partial charge in [-0.25, -0.2) is 9.59 Å². The third-order valence-electron chi connectivity index (χ3n) is 5.85. The van der Waals surface area contributed by atoms with Gasteiger partial charge in [-0.1, -0.05) is 75.7 Å². The number of alkyl carbamates (subject to hydrolysis) is 1. The van der Waals surface area contributed by atoms with E-state index in [1.807, 2.05) is 57.2 Å². The van der Waals surface area contributed by atoms with Crippen molar-refractivity contribution < 1.29 is 24.2 Å². The SMILES string of the molecule is CCC[C@H](NC(=O)[C@@H](CC(C)C)NC(=O)OCC1c2ccccc2-c2ccccc21)C(=O)O. The predicted molar refractivity (Wildman–Crippen MR) is 126 cm³/mol. The fourth-order valence-electron chi connectivity index (χ4n) is 4.30. The first-order valence-electron chi connectivity index (χ1n) is 11.5. The van der Waals surface area contributed by atoms with Gasteiger partial charge in [0.25, 0.3) is 0 Å². The highest BCUT2D eigenvalue weighted by Crippen LogP contribution is 2.44. The standard InChI is InChI=1S/C26H32N2O5/c1-4-9-22(25(30)31)27-24(29)23(14-16(2)3)28-26(32)33-15-21-19-12-7-5-10-17(19)18-11-6-8-13-20(18)21/h5-8,10-13,16,21-23H,4,9,14-15H2,1-3H3,(H,27,29)(H,28,32)(H,30,31)/t22-,23+/m0/s1. The number of hydrogen-bond donors (Lipinski definition) is 3. The molecule has 33 heavy (non-hydrogen) atoms. The Morgan fingerprint density at radius 2 is 1.52 bits per heavy atom. The average molecular weight is 453 g/mol. The molecule has 2 aromatic rings. The van der Waals surface area contributed by atoms with E-state index in [1.54, 1.807) is 0 Å². The zero-order valence-corrected chi connectivity index (χ0v) is 19.3. The molecule has 0 spiro atoms. The van der Waals surface area contributed by atoms with Gasteiger partial charge in [-0.3, -0.25) is 4.79 Å². The van der Waals surface area contributed by atoms with Crippen LogP contribution < -0.4 is 10.6 Å². The summed E-state index contributed by atoms with van der Waals surface area (Å²) in [6.07, 6.45) is 0.612. The molecule has 1 aliphatic rings. The monoisotopic (exact) mass is 452 g/mol. The molecule has 0 radical (unpaired) electrons. The second-order valence-corrected chi connectivity index (χ2v) is 8.84. The molecular formula is C26H32N2O5. The molecule has 3 rings (SSSR count). The lowest BCUT2D eigenvalue weighted by Crippen LogP contribution is -2.52. The number of carboxylic acid groups (broad SMARTS) is 1. The predicted octanol–water partition coefficient (Wildman–Crippen LogP) is 4.31. The number of nitrogens with one attached hydrogen (secondary N) is 2. The van der Waals surface area contributed by atoms with Gasteiger partial charge in [0, 0.05) is 5.92 Å². The molecule has 0 bridgehead atoms. The molecule has 0 heterocycles. The Balaban J connectivity index is 1.66. The molecule has 3 N–H and O–H groups in total. The van der Waals surface area contributed by atoms with E-state index in [2.05, 4.69) is 22.8 Å². The van der Waals surface area contributed by atoms with E-state index in [0.717, 1.165) is 22.3 Å². The van der Waals surface area contributed by atoms with Crippen LogP contribution in [0, 0.1) is 5.92 Å². The van der Waals surface area contributed by atoms with Gasteiger partial charge in [-0.05, 0) is 41.0 Å².